The lowest BCUT2D eigenvalue weighted by molar-refractivity contribution is -0.126. The van der Waals surface area contributed by atoms with Crippen LogP contribution in [0.1, 0.15) is 25.7 Å². The van der Waals surface area contributed by atoms with E-state index in [1.165, 1.54) is 12.1 Å². The molecule has 1 atom stereocenters. The number of fused-ring (bicyclic) bond motifs is 1. The van der Waals surface area contributed by atoms with Crippen LogP contribution in [0.2, 0.25) is 0 Å². The minimum atomic E-state index is -0.345. The van der Waals surface area contributed by atoms with Gasteiger partial charge in [0.25, 0.3) is 6.01 Å². The number of aromatic nitrogens is 1. The second-order valence-corrected chi connectivity index (χ2v) is 6.79. The number of amides is 1. The first-order valence-corrected chi connectivity index (χ1v) is 8.88. The van der Waals surface area contributed by atoms with Crippen LogP contribution >= 0.6 is 0 Å². The molecule has 25 heavy (non-hydrogen) atoms. The molecule has 1 unspecified atom stereocenters. The van der Waals surface area contributed by atoms with Crippen molar-refractivity contribution in [1.29, 1.82) is 0 Å². The van der Waals surface area contributed by atoms with Crippen molar-refractivity contribution in [2.75, 3.05) is 31.2 Å². The number of anilines is 1. The Balaban J connectivity index is 1.43. The van der Waals surface area contributed by atoms with Crippen LogP contribution in [0.3, 0.4) is 0 Å². The van der Waals surface area contributed by atoms with Crippen LogP contribution in [0.25, 0.3) is 11.1 Å². The molecule has 4 rings (SSSR count). The summed E-state index contributed by atoms with van der Waals surface area (Å²) < 4.78 is 24.3. The quantitative estimate of drug-likeness (QED) is 0.924. The SMILES string of the molecule is O=C(NC1CCOCC1)C1CCCN(c2nc3ccc(F)cc3o2)C1. The van der Waals surface area contributed by atoms with Gasteiger partial charge in [0.05, 0.1) is 5.92 Å². The van der Waals surface area contributed by atoms with Gasteiger partial charge in [0, 0.05) is 38.4 Å². The van der Waals surface area contributed by atoms with Crippen molar-refractivity contribution in [3.63, 3.8) is 0 Å². The highest BCUT2D eigenvalue weighted by Gasteiger charge is 2.29. The monoisotopic (exact) mass is 347 g/mol. The van der Waals surface area contributed by atoms with Gasteiger partial charge in [-0.25, -0.2) is 4.39 Å². The Labute approximate surface area is 145 Å². The van der Waals surface area contributed by atoms with Gasteiger partial charge in [-0.2, -0.15) is 4.98 Å². The molecule has 0 bridgehead atoms. The molecule has 3 heterocycles. The molecule has 7 heteroatoms. The van der Waals surface area contributed by atoms with E-state index >= 15 is 0 Å². The minimum Gasteiger partial charge on any atom is -0.423 e. The van der Waals surface area contributed by atoms with Crippen molar-refractivity contribution in [1.82, 2.24) is 10.3 Å². The third kappa shape index (κ3) is 3.61. The topological polar surface area (TPSA) is 67.6 Å². The van der Waals surface area contributed by atoms with Crippen molar-refractivity contribution >= 4 is 23.0 Å². The highest BCUT2D eigenvalue weighted by Crippen LogP contribution is 2.27. The number of hydrogen-bond donors (Lipinski definition) is 1. The van der Waals surface area contributed by atoms with Gasteiger partial charge in [-0.15, -0.1) is 0 Å². The fourth-order valence-corrected chi connectivity index (χ4v) is 3.55. The zero-order valence-corrected chi connectivity index (χ0v) is 14.0. The van der Waals surface area contributed by atoms with E-state index in [2.05, 4.69) is 10.3 Å². The Bertz CT molecular complexity index is 757. The van der Waals surface area contributed by atoms with Crippen LogP contribution in [-0.2, 0) is 9.53 Å². The van der Waals surface area contributed by atoms with Crippen LogP contribution in [0.4, 0.5) is 10.4 Å². The lowest BCUT2D eigenvalue weighted by atomic mass is 9.96. The van der Waals surface area contributed by atoms with Crippen LogP contribution in [0, 0.1) is 11.7 Å². The number of rotatable bonds is 3. The summed E-state index contributed by atoms with van der Waals surface area (Å²) in [5.41, 5.74) is 1.06. The largest absolute Gasteiger partial charge is 0.423 e. The molecule has 0 spiro atoms. The Hall–Kier alpha value is -2.15. The molecule has 0 saturated carbocycles. The lowest BCUT2D eigenvalue weighted by Crippen LogP contribution is -2.47. The molecule has 2 saturated heterocycles. The molecule has 2 aliphatic rings. The Kier molecular flexibility index (Phi) is 4.57. The highest BCUT2D eigenvalue weighted by molar-refractivity contribution is 5.80. The second-order valence-electron chi connectivity index (χ2n) is 6.79. The molecule has 2 fully saturated rings. The molecular weight excluding hydrogens is 325 g/mol. The average molecular weight is 347 g/mol. The van der Waals surface area contributed by atoms with Gasteiger partial charge in [0.2, 0.25) is 5.91 Å². The van der Waals surface area contributed by atoms with Gasteiger partial charge in [0.1, 0.15) is 11.3 Å². The summed E-state index contributed by atoms with van der Waals surface area (Å²) in [6.45, 7) is 2.78. The zero-order chi connectivity index (χ0) is 17.2. The van der Waals surface area contributed by atoms with E-state index in [0.29, 0.717) is 36.9 Å². The van der Waals surface area contributed by atoms with Crippen molar-refractivity contribution < 1.29 is 18.3 Å². The number of carbonyl (C=O) groups excluding carboxylic acids is 1. The van der Waals surface area contributed by atoms with Gasteiger partial charge >= 0.3 is 0 Å². The summed E-state index contributed by atoms with van der Waals surface area (Å²) in [5, 5.41) is 3.15. The summed E-state index contributed by atoms with van der Waals surface area (Å²) in [5.74, 6) is -0.329. The van der Waals surface area contributed by atoms with Crippen molar-refractivity contribution in [2.45, 2.75) is 31.7 Å². The number of nitrogens with zero attached hydrogens (tertiary/aromatic N) is 2. The summed E-state index contributed by atoms with van der Waals surface area (Å²) in [6, 6.07) is 4.99. The molecule has 1 N–H and O–H groups in total. The average Bonchev–Trinajstić information content (AvgIpc) is 3.06. The highest BCUT2D eigenvalue weighted by atomic mass is 19.1. The first-order valence-electron chi connectivity index (χ1n) is 8.88. The molecule has 6 nitrogen and oxygen atoms in total. The van der Waals surface area contributed by atoms with E-state index in [-0.39, 0.29) is 23.7 Å². The van der Waals surface area contributed by atoms with Gasteiger partial charge < -0.3 is 19.4 Å². The van der Waals surface area contributed by atoms with Crippen LogP contribution in [-0.4, -0.2) is 43.2 Å². The van der Waals surface area contributed by atoms with E-state index in [1.54, 1.807) is 6.07 Å². The number of carbonyl (C=O) groups is 1. The molecule has 1 amide bonds. The number of halogens is 1. The maximum atomic E-state index is 13.3. The van der Waals surface area contributed by atoms with E-state index < -0.39 is 0 Å². The third-order valence-corrected chi connectivity index (χ3v) is 4.97. The zero-order valence-electron chi connectivity index (χ0n) is 14.0. The van der Waals surface area contributed by atoms with E-state index in [0.717, 1.165) is 32.2 Å². The maximum Gasteiger partial charge on any atom is 0.298 e. The van der Waals surface area contributed by atoms with Gasteiger partial charge in [-0.3, -0.25) is 4.79 Å². The first-order chi connectivity index (χ1) is 12.2. The van der Waals surface area contributed by atoms with Crippen LogP contribution in [0.5, 0.6) is 0 Å². The summed E-state index contributed by atoms with van der Waals surface area (Å²) in [6.07, 6.45) is 3.51. The summed E-state index contributed by atoms with van der Waals surface area (Å²) in [4.78, 5) is 19.0. The number of benzene rings is 1. The summed E-state index contributed by atoms with van der Waals surface area (Å²) >= 11 is 0. The molecule has 2 aromatic rings. The molecule has 134 valence electrons. The fraction of sp³-hybridized carbons (Fsp3) is 0.556. The molecule has 2 aliphatic heterocycles. The van der Waals surface area contributed by atoms with E-state index in [9.17, 15) is 9.18 Å². The van der Waals surface area contributed by atoms with Gasteiger partial charge in [-0.1, -0.05) is 0 Å². The molecule has 0 radical (unpaired) electrons. The normalized spacial score (nSPS) is 22.3. The van der Waals surface area contributed by atoms with E-state index in [1.807, 2.05) is 4.90 Å². The predicted molar refractivity (Wildman–Crippen MR) is 90.9 cm³/mol. The van der Waals surface area contributed by atoms with Crippen molar-refractivity contribution in [3.05, 3.63) is 24.0 Å². The second kappa shape index (κ2) is 7.00. The number of piperidine rings is 1. The number of ether oxygens (including phenoxy) is 1. The fourth-order valence-electron chi connectivity index (χ4n) is 3.55. The lowest BCUT2D eigenvalue weighted by Gasteiger charge is -2.32. The standard InChI is InChI=1S/C18H22FN3O3/c19-13-3-4-15-16(10-13)25-18(21-15)22-7-1-2-12(11-22)17(23)20-14-5-8-24-9-6-14/h3-4,10,12,14H,1-2,5-9,11H2,(H,20,23). The molecule has 1 aromatic carbocycles. The van der Waals surface area contributed by atoms with E-state index in [4.69, 9.17) is 9.15 Å². The Morgan fingerprint density at radius 1 is 1.28 bits per heavy atom. The number of hydrogen-bond acceptors (Lipinski definition) is 5. The Morgan fingerprint density at radius 2 is 2.12 bits per heavy atom. The predicted octanol–water partition coefficient (Wildman–Crippen LogP) is 2.48. The van der Waals surface area contributed by atoms with Crippen LogP contribution < -0.4 is 10.2 Å². The number of oxazole rings is 1. The van der Waals surface area contributed by atoms with Crippen molar-refractivity contribution in [3.8, 4) is 0 Å². The Morgan fingerprint density at radius 3 is 2.96 bits per heavy atom. The smallest absolute Gasteiger partial charge is 0.298 e. The van der Waals surface area contributed by atoms with Crippen molar-refractivity contribution in [2.24, 2.45) is 5.92 Å². The molecular formula is C18H22FN3O3. The van der Waals surface area contributed by atoms with Crippen LogP contribution in [0.15, 0.2) is 22.6 Å². The molecule has 1 aromatic heterocycles. The maximum absolute atomic E-state index is 13.3. The third-order valence-electron chi connectivity index (χ3n) is 4.97. The number of nitrogens with one attached hydrogen (secondary N) is 1. The summed E-state index contributed by atoms with van der Waals surface area (Å²) in [7, 11) is 0. The minimum absolute atomic E-state index is 0.0802. The van der Waals surface area contributed by atoms with Gasteiger partial charge in [0.15, 0.2) is 5.58 Å². The first kappa shape index (κ1) is 16.3. The molecule has 0 aliphatic carbocycles. The van der Waals surface area contributed by atoms with Gasteiger partial charge in [-0.05, 0) is 37.8 Å².